The van der Waals surface area contributed by atoms with E-state index in [1.165, 1.54) is 11.8 Å². The summed E-state index contributed by atoms with van der Waals surface area (Å²) in [6.45, 7) is 10.1. The van der Waals surface area contributed by atoms with E-state index in [4.69, 9.17) is 18.9 Å². The highest BCUT2D eigenvalue weighted by Gasteiger charge is 2.11. The Labute approximate surface area is 267 Å². The predicted octanol–water partition coefficient (Wildman–Crippen LogP) is 8.22. The number of thioether (sulfide) groups is 1. The van der Waals surface area contributed by atoms with Crippen LogP contribution in [-0.4, -0.2) is 43.5 Å². The van der Waals surface area contributed by atoms with Gasteiger partial charge in [-0.1, -0.05) is 49.6 Å². The van der Waals surface area contributed by atoms with Gasteiger partial charge in [0, 0.05) is 28.5 Å². The van der Waals surface area contributed by atoms with E-state index in [2.05, 4.69) is 13.2 Å². The fourth-order valence-corrected chi connectivity index (χ4v) is 4.96. The Morgan fingerprint density at radius 1 is 0.689 bits per heavy atom. The predicted molar refractivity (Wildman–Crippen MR) is 178 cm³/mol. The molecule has 8 heteroatoms. The average molecular weight is 625 g/mol. The summed E-state index contributed by atoms with van der Waals surface area (Å²) >= 11 is 1.20. The zero-order chi connectivity index (χ0) is 32.0. The molecular weight excluding hydrogens is 588 g/mol. The lowest BCUT2D eigenvalue weighted by atomic mass is 10.1. The number of rotatable bonds is 16. The fraction of sp³-hybridized carbons (Fsp3) is 0.216. The second-order valence-corrected chi connectivity index (χ2v) is 11.3. The summed E-state index contributed by atoms with van der Waals surface area (Å²) in [7, 11) is 0. The summed E-state index contributed by atoms with van der Waals surface area (Å²) in [4.78, 5) is 36.4. The fourth-order valence-electron chi connectivity index (χ4n) is 4.23. The van der Waals surface area contributed by atoms with Crippen LogP contribution in [-0.2, 0) is 19.1 Å². The number of esters is 2. The molecule has 7 nitrogen and oxygen atoms in total. The minimum absolute atomic E-state index is 0.0296. The van der Waals surface area contributed by atoms with Gasteiger partial charge in [0.15, 0.2) is 0 Å². The van der Waals surface area contributed by atoms with Gasteiger partial charge in [-0.2, -0.15) is 0 Å². The van der Waals surface area contributed by atoms with Gasteiger partial charge in [-0.25, -0.2) is 9.59 Å². The van der Waals surface area contributed by atoms with Gasteiger partial charge in [-0.05, 0) is 102 Å². The molecule has 4 aromatic carbocycles. The van der Waals surface area contributed by atoms with Crippen molar-refractivity contribution in [2.45, 2.75) is 31.1 Å². The largest absolute Gasteiger partial charge is 0.494 e. The maximum atomic E-state index is 13.1. The minimum atomic E-state index is -0.436. The van der Waals surface area contributed by atoms with Gasteiger partial charge >= 0.3 is 11.9 Å². The molecule has 0 radical (unpaired) electrons. The molecule has 4 aromatic rings. The number of hydrogen-bond donors (Lipinski definition) is 0. The molecule has 0 saturated heterocycles. The number of carbonyl (C=O) groups excluding carboxylic acids is 3. The molecule has 4 rings (SSSR count). The van der Waals surface area contributed by atoms with E-state index in [1.54, 1.807) is 6.92 Å². The van der Waals surface area contributed by atoms with Crippen molar-refractivity contribution < 1.29 is 33.3 Å². The SMILES string of the molecule is C=CC(=O)OCCCOc1ccc(-c2ccc(SC(=O)c3ccc4cc(OCCCCOC(=O)C(=C)C)ccc4c3)cc2)cc1. The molecule has 0 atom stereocenters. The topological polar surface area (TPSA) is 88.1 Å². The van der Waals surface area contributed by atoms with E-state index in [0.29, 0.717) is 43.8 Å². The first kappa shape index (κ1) is 33.1. The average Bonchev–Trinajstić information content (AvgIpc) is 3.06. The van der Waals surface area contributed by atoms with Gasteiger partial charge < -0.3 is 18.9 Å². The first-order chi connectivity index (χ1) is 21.8. The van der Waals surface area contributed by atoms with E-state index in [1.807, 2.05) is 84.9 Å². The Kier molecular flexibility index (Phi) is 12.4. The summed E-state index contributed by atoms with van der Waals surface area (Å²) in [5.41, 5.74) is 3.09. The molecule has 0 aliphatic rings. The lowest BCUT2D eigenvalue weighted by molar-refractivity contribution is -0.139. The van der Waals surface area contributed by atoms with Crippen LogP contribution in [0, 0.1) is 0 Å². The summed E-state index contributed by atoms with van der Waals surface area (Å²) in [5, 5.41) is 1.91. The maximum absolute atomic E-state index is 13.1. The molecule has 0 bridgehead atoms. The normalized spacial score (nSPS) is 10.6. The lowest BCUT2D eigenvalue weighted by Gasteiger charge is -2.09. The van der Waals surface area contributed by atoms with Crippen molar-refractivity contribution >= 4 is 39.6 Å². The molecule has 0 aliphatic heterocycles. The van der Waals surface area contributed by atoms with Crippen LogP contribution in [0.1, 0.15) is 36.5 Å². The molecule has 0 saturated carbocycles. The van der Waals surface area contributed by atoms with Crippen LogP contribution in [0.3, 0.4) is 0 Å². The van der Waals surface area contributed by atoms with Crippen LogP contribution in [0.2, 0.25) is 0 Å². The number of carbonyl (C=O) groups is 3. The van der Waals surface area contributed by atoms with E-state index in [9.17, 15) is 14.4 Å². The van der Waals surface area contributed by atoms with Crippen molar-refractivity contribution in [1.82, 2.24) is 0 Å². The Morgan fingerprint density at radius 2 is 1.27 bits per heavy atom. The van der Waals surface area contributed by atoms with Crippen LogP contribution in [0.25, 0.3) is 21.9 Å². The van der Waals surface area contributed by atoms with Gasteiger partial charge in [0.25, 0.3) is 0 Å². The van der Waals surface area contributed by atoms with Crippen molar-refractivity contribution in [1.29, 1.82) is 0 Å². The first-order valence-corrected chi connectivity index (χ1v) is 15.5. The Balaban J connectivity index is 1.24. The summed E-state index contributed by atoms with van der Waals surface area (Å²) in [6, 6.07) is 27.1. The molecule has 0 amide bonds. The van der Waals surface area contributed by atoms with Crippen LogP contribution in [0.5, 0.6) is 11.5 Å². The van der Waals surface area contributed by atoms with Crippen molar-refractivity contribution in [3.8, 4) is 22.6 Å². The maximum Gasteiger partial charge on any atom is 0.333 e. The number of hydrogen-bond acceptors (Lipinski definition) is 8. The molecule has 0 fully saturated rings. The highest BCUT2D eigenvalue weighted by atomic mass is 32.2. The third kappa shape index (κ3) is 10.4. The van der Waals surface area contributed by atoms with E-state index in [-0.39, 0.29) is 17.7 Å². The molecular formula is C37H36O7S. The Morgan fingerprint density at radius 3 is 1.98 bits per heavy atom. The van der Waals surface area contributed by atoms with Crippen LogP contribution < -0.4 is 9.47 Å². The second kappa shape index (κ2) is 16.9. The smallest absolute Gasteiger partial charge is 0.333 e. The molecule has 0 aromatic heterocycles. The second-order valence-electron chi connectivity index (χ2n) is 10.2. The van der Waals surface area contributed by atoms with Gasteiger partial charge in [0.2, 0.25) is 5.12 Å². The van der Waals surface area contributed by atoms with Crippen molar-refractivity contribution in [3.05, 3.63) is 115 Å². The van der Waals surface area contributed by atoms with Gasteiger partial charge in [0.1, 0.15) is 11.5 Å². The number of ether oxygens (including phenoxy) is 4. The quantitative estimate of drug-likeness (QED) is 0.0533. The number of unbranched alkanes of at least 4 members (excludes halogenated alkanes) is 1. The van der Waals surface area contributed by atoms with Gasteiger partial charge in [0.05, 0.1) is 26.4 Å². The lowest BCUT2D eigenvalue weighted by Crippen LogP contribution is -2.07. The molecule has 232 valence electrons. The standard InChI is InChI=1S/C37H36O7S/c1-4-35(38)43-23-7-22-41-32-15-10-27(11-16-32)28-13-18-34(19-14-28)45-37(40)31-9-8-30-25-33(17-12-29(30)24-31)42-20-5-6-21-44-36(39)26(2)3/h4,8-19,24-25H,1-2,5-7,20-23H2,3H3. The third-order valence-electron chi connectivity index (χ3n) is 6.66. The highest BCUT2D eigenvalue weighted by Crippen LogP contribution is 2.29. The molecule has 0 N–H and O–H groups in total. The summed E-state index contributed by atoms with van der Waals surface area (Å²) in [6.07, 6.45) is 3.20. The van der Waals surface area contributed by atoms with Gasteiger partial charge in [-0.15, -0.1) is 0 Å². The molecule has 0 spiro atoms. The Hall–Kier alpha value is -4.82. The van der Waals surface area contributed by atoms with Crippen molar-refractivity contribution in [2.24, 2.45) is 0 Å². The highest BCUT2D eigenvalue weighted by molar-refractivity contribution is 8.14. The third-order valence-corrected chi connectivity index (χ3v) is 7.59. The van der Waals surface area contributed by atoms with Crippen molar-refractivity contribution in [2.75, 3.05) is 26.4 Å². The summed E-state index contributed by atoms with van der Waals surface area (Å²) < 4.78 is 21.6. The molecule has 45 heavy (non-hydrogen) atoms. The monoisotopic (exact) mass is 624 g/mol. The van der Waals surface area contributed by atoms with Crippen LogP contribution in [0.15, 0.2) is 115 Å². The van der Waals surface area contributed by atoms with Gasteiger partial charge in [-0.3, -0.25) is 4.79 Å². The van der Waals surface area contributed by atoms with E-state index < -0.39 is 5.97 Å². The summed E-state index contributed by atoms with van der Waals surface area (Å²) in [5.74, 6) is 0.682. The Bertz CT molecular complexity index is 1640. The van der Waals surface area contributed by atoms with Crippen LogP contribution in [0.4, 0.5) is 0 Å². The van der Waals surface area contributed by atoms with E-state index >= 15 is 0 Å². The van der Waals surface area contributed by atoms with E-state index in [0.717, 1.165) is 50.8 Å². The molecule has 0 unspecified atom stereocenters. The first-order valence-electron chi connectivity index (χ1n) is 14.7. The molecule has 0 heterocycles. The van der Waals surface area contributed by atoms with Crippen molar-refractivity contribution in [3.63, 3.8) is 0 Å². The number of fused-ring (bicyclic) bond motifs is 1. The number of benzene rings is 4. The zero-order valence-corrected chi connectivity index (χ0v) is 26.1. The minimum Gasteiger partial charge on any atom is -0.494 e. The molecule has 0 aliphatic carbocycles. The van der Waals surface area contributed by atoms with Crippen LogP contribution >= 0.6 is 11.8 Å². The zero-order valence-electron chi connectivity index (χ0n) is 25.3.